The van der Waals surface area contributed by atoms with Gasteiger partial charge in [0.05, 0.1) is 11.9 Å². The minimum absolute atomic E-state index is 0.394. The topological polar surface area (TPSA) is 38.9 Å². The van der Waals surface area contributed by atoms with Gasteiger partial charge < -0.3 is 5.73 Å². The molecule has 1 atom stereocenters. The van der Waals surface area contributed by atoms with Crippen molar-refractivity contribution in [3.63, 3.8) is 0 Å². The number of anilines is 1. The molecule has 0 saturated heterocycles. The van der Waals surface area contributed by atoms with Gasteiger partial charge in [-0.05, 0) is 18.6 Å². The fraction of sp³-hybridized carbons (Fsp3) is 0.154. The minimum atomic E-state index is 0.394. The first-order chi connectivity index (χ1) is 7.77. The number of aromatic nitrogens is 1. The van der Waals surface area contributed by atoms with Gasteiger partial charge in [-0.2, -0.15) is 0 Å². The van der Waals surface area contributed by atoms with Crippen LogP contribution in [0, 0.1) is 0 Å². The number of benzene rings is 1. The van der Waals surface area contributed by atoms with Crippen molar-refractivity contribution in [2.75, 3.05) is 5.73 Å². The van der Waals surface area contributed by atoms with Crippen LogP contribution < -0.4 is 5.73 Å². The number of nitrogens with zero attached hydrogens (tertiary/aromatic N) is 1. The highest BCUT2D eigenvalue weighted by atomic mass is 32.2. The molecule has 0 amide bonds. The zero-order valence-electron chi connectivity index (χ0n) is 9.13. The van der Waals surface area contributed by atoms with Gasteiger partial charge in [-0.25, -0.2) is 0 Å². The predicted octanol–water partition coefficient (Wildman–Crippen LogP) is 3.52. The highest BCUT2D eigenvalue weighted by Gasteiger charge is 2.08. The van der Waals surface area contributed by atoms with Gasteiger partial charge in [0.15, 0.2) is 0 Å². The normalized spacial score (nSPS) is 12.3. The van der Waals surface area contributed by atoms with Crippen LogP contribution in [0.4, 0.5) is 5.69 Å². The fourth-order valence-corrected chi connectivity index (χ4v) is 2.49. The van der Waals surface area contributed by atoms with Crippen LogP contribution >= 0.6 is 11.8 Å². The molecule has 1 aromatic carbocycles. The van der Waals surface area contributed by atoms with Crippen molar-refractivity contribution in [1.29, 1.82) is 0 Å². The van der Waals surface area contributed by atoms with E-state index in [-0.39, 0.29) is 0 Å². The molecule has 2 nitrogen and oxygen atoms in total. The Kier molecular flexibility index (Phi) is 3.47. The third-order valence-corrected chi connectivity index (χ3v) is 3.63. The zero-order valence-corrected chi connectivity index (χ0v) is 9.95. The first-order valence-electron chi connectivity index (χ1n) is 5.18. The molecule has 0 saturated carbocycles. The van der Waals surface area contributed by atoms with E-state index in [1.54, 1.807) is 24.2 Å². The Hall–Kier alpha value is -1.48. The summed E-state index contributed by atoms with van der Waals surface area (Å²) < 4.78 is 0. The summed E-state index contributed by atoms with van der Waals surface area (Å²) in [5, 5.41) is 0.394. The third-order valence-electron chi connectivity index (χ3n) is 2.38. The predicted molar refractivity (Wildman–Crippen MR) is 69.4 cm³/mol. The Morgan fingerprint density at radius 3 is 2.62 bits per heavy atom. The molecular formula is C13H14N2S. The zero-order chi connectivity index (χ0) is 11.4. The molecule has 0 spiro atoms. The van der Waals surface area contributed by atoms with Crippen LogP contribution in [0.1, 0.15) is 17.7 Å². The molecular weight excluding hydrogens is 216 g/mol. The molecule has 82 valence electrons. The largest absolute Gasteiger partial charge is 0.397 e. The lowest BCUT2D eigenvalue weighted by Crippen LogP contribution is -1.92. The van der Waals surface area contributed by atoms with Crippen molar-refractivity contribution in [3.8, 4) is 0 Å². The van der Waals surface area contributed by atoms with E-state index in [1.807, 2.05) is 12.1 Å². The summed E-state index contributed by atoms with van der Waals surface area (Å²) in [4.78, 5) is 5.08. The number of thioether (sulfide) groups is 1. The number of nitrogen functional groups attached to an aromatic ring is 1. The molecule has 1 heterocycles. The summed E-state index contributed by atoms with van der Waals surface area (Å²) in [7, 11) is 0. The second kappa shape index (κ2) is 5.03. The number of pyridine rings is 1. The number of hydrogen-bond acceptors (Lipinski definition) is 3. The maximum atomic E-state index is 5.86. The first-order valence-corrected chi connectivity index (χ1v) is 6.06. The van der Waals surface area contributed by atoms with Gasteiger partial charge in [-0.3, -0.25) is 4.98 Å². The van der Waals surface area contributed by atoms with Crippen molar-refractivity contribution < 1.29 is 0 Å². The first kappa shape index (κ1) is 11.0. The van der Waals surface area contributed by atoms with Crippen LogP contribution in [0.2, 0.25) is 0 Å². The quantitative estimate of drug-likeness (QED) is 0.820. The van der Waals surface area contributed by atoms with E-state index in [1.165, 1.54) is 5.56 Å². The van der Waals surface area contributed by atoms with Gasteiger partial charge in [0.25, 0.3) is 0 Å². The molecule has 1 unspecified atom stereocenters. The van der Waals surface area contributed by atoms with Crippen LogP contribution in [-0.2, 0) is 0 Å². The molecule has 3 heteroatoms. The Morgan fingerprint density at radius 1 is 1.19 bits per heavy atom. The third kappa shape index (κ3) is 2.55. The molecule has 0 bridgehead atoms. The lowest BCUT2D eigenvalue weighted by molar-refractivity contribution is 1.09. The monoisotopic (exact) mass is 230 g/mol. The van der Waals surface area contributed by atoms with Crippen LogP contribution in [-0.4, -0.2) is 4.98 Å². The van der Waals surface area contributed by atoms with Gasteiger partial charge in [0, 0.05) is 16.3 Å². The minimum Gasteiger partial charge on any atom is -0.397 e. The number of rotatable bonds is 3. The van der Waals surface area contributed by atoms with E-state index in [2.05, 4.69) is 36.2 Å². The Balaban J connectivity index is 2.14. The maximum Gasteiger partial charge on any atom is 0.0638 e. The molecule has 2 aromatic rings. The van der Waals surface area contributed by atoms with E-state index >= 15 is 0 Å². The van der Waals surface area contributed by atoms with E-state index in [0.29, 0.717) is 5.25 Å². The molecule has 1 aromatic heterocycles. The highest BCUT2D eigenvalue weighted by molar-refractivity contribution is 7.99. The van der Waals surface area contributed by atoms with Gasteiger partial charge >= 0.3 is 0 Å². The smallest absolute Gasteiger partial charge is 0.0638 e. The lowest BCUT2D eigenvalue weighted by atomic mass is 10.2. The van der Waals surface area contributed by atoms with Gasteiger partial charge in [0.2, 0.25) is 0 Å². The molecule has 16 heavy (non-hydrogen) atoms. The second-order valence-electron chi connectivity index (χ2n) is 3.58. The van der Waals surface area contributed by atoms with Crippen LogP contribution in [0.5, 0.6) is 0 Å². The van der Waals surface area contributed by atoms with Crippen molar-refractivity contribution in [2.45, 2.75) is 17.1 Å². The molecule has 0 aliphatic heterocycles. The van der Waals surface area contributed by atoms with Crippen molar-refractivity contribution in [3.05, 3.63) is 54.4 Å². The second-order valence-corrected chi connectivity index (χ2v) is 4.97. The molecule has 0 radical (unpaired) electrons. The lowest BCUT2D eigenvalue weighted by Gasteiger charge is -2.12. The Morgan fingerprint density at radius 2 is 1.94 bits per heavy atom. The summed E-state index contributed by atoms with van der Waals surface area (Å²) in [6.07, 6.45) is 3.47. The summed E-state index contributed by atoms with van der Waals surface area (Å²) in [5.74, 6) is 0. The average molecular weight is 230 g/mol. The SMILES string of the molecule is CC(Sc1ccncc1N)c1ccccc1. The number of nitrogens with two attached hydrogens (primary N) is 1. The van der Waals surface area contributed by atoms with E-state index in [4.69, 9.17) is 5.73 Å². The standard InChI is InChI=1S/C13H14N2S/c1-10(11-5-3-2-4-6-11)16-13-7-8-15-9-12(13)14/h2-10H,14H2,1H3. The molecule has 2 N–H and O–H groups in total. The van der Waals surface area contributed by atoms with E-state index < -0.39 is 0 Å². The molecule has 0 aliphatic carbocycles. The Labute approximate surface area is 99.9 Å². The van der Waals surface area contributed by atoms with Crippen LogP contribution in [0.15, 0.2) is 53.7 Å². The van der Waals surface area contributed by atoms with Gasteiger partial charge in [-0.1, -0.05) is 30.3 Å². The van der Waals surface area contributed by atoms with Crippen molar-refractivity contribution in [1.82, 2.24) is 4.98 Å². The summed E-state index contributed by atoms with van der Waals surface area (Å²) in [6, 6.07) is 12.4. The average Bonchev–Trinajstić information content (AvgIpc) is 2.33. The van der Waals surface area contributed by atoms with Gasteiger partial charge in [0.1, 0.15) is 0 Å². The number of hydrogen-bond donors (Lipinski definition) is 1. The molecule has 0 aliphatic rings. The van der Waals surface area contributed by atoms with Gasteiger partial charge in [-0.15, -0.1) is 11.8 Å². The van der Waals surface area contributed by atoms with E-state index in [0.717, 1.165) is 10.6 Å². The van der Waals surface area contributed by atoms with Crippen LogP contribution in [0.25, 0.3) is 0 Å². The highest BCUT2D eigenvalue weighted by Crippen LogP contribution is 2.36. The summed E-state index contributed by atoms with van der Waals surface area (Å²) in [6.45, 7) is 2.18. The maximum absolute atomic E-state index is 5.86. The fourth-order valence-electron chi connectivity index (χ4n) is 1.48. The van der Waals surface area contributed by atoms with Crippen molar-refractivity contribution >= 4 is 17.4 Å². The molecule has 2 rings (SSSR count). The Bertz CT molecular complexity index is 456. The summed E-state index contributed by atoms with van der Waals surface area (Å²) >= 11 is 1.76. The van der Waals surface area contributed by atoms with Crippen molar-refractivity contribution in [2.24, 2.45) is 0 Å². The van der Waals surface area contributed by atoms with Crippen LogP contribution in [0.3, 0.4) is 0 Å². The molecule has 0 fully saturated rings. The van der Waals surface area contributed by atoms with E-state index in [9.17, 15) is 0 Å². The summed E-state index contributed by atoms with van der Waals surface area (Å²) in [5.41, 5.74) is 7.92.